The summed E-state index contributed by atoms with van der Waals surface area (Å²) < 4.78 is 26.3. The van der Waals surface area contributed by atoms with Crippen molar-refractivity contribution >= 4 is 33.0 Å². The van der Waals surface area contributed by atoms with Gasteiger partial charge in [0.25, 0.3) is 0 Å². The summed E-state index contributed by atoms with van der Waals surface area (Å²) >= 11 is 0. The number of ether oxygens (including phenoxy) is 2. The van der Waals surface area contributed by atoms with Gasteiger partial charge in [0, 0.05) is 23.3 Å². The highest BCUT2D eigenvalue weighted by Gasteiger charge is 2.25. The Balaban J connectivity index is 1.08. The van der Waals surface area contributed by atoms with E-state index in [1.54, 1.807) is 0 Å². The van der Waals surface area contributed by atoms with Crippen molar-refractivity contribution in [1.82, 2.24) is 9.97 Å². The van der Waals surface area contributed by atoms with Crippen LogP contribution in [0.15, 0.2) is 69.5 Å². The van der Waals surface area contributed by atoms with E-state index in [9.17, 15) is 0 Å². The third kappa shape index (κ3) is 9.58. The van der Waals surface area contributed by atoms with Crippen LogP contribution in [0.1, 0.15) is 178 Å². The van der Waals surface area contributed by atoms with Crippen LogP contribution in [0.2, 0.25) is 0 Å². The molecule has 0 spiro atoms. The van der Waals surface area contributed by atoms with E-state index in [1.807, 2.05) is 0 Å². The van der Waals surface area contributed by atoms with Gasteiger partial charge in [0.1, 0.15) is 22.5 Å². The van der Waals surface area contributed by atoms with Crippen molar-refractivity contribution in [3.05, 3.63) is 71.8 Å². The second-order valence-corrected chi connectivity index (χ2v) is 17.4. The van der Waals surface area contributed by atoms with E-state index in [2.05, 4.69) is 74.5 Å². The molecule has 0 N–H and O–H groups in total. The Labute approximate surface area is 346 Å². The smallest absolute Gasteiger partial charge is 0.227 e. The van der Waals surface area contributed by atoms with Gasteiger partial charge in [0.15, 0.2) is 11.2 Å². The number of fused-ring (bicyclic) bond motifs is 3. The minimum atomic E-state index is 0.510. The molecule has 2 aliphatic rings. The van der Waals surface area contributed by atoms with Crippen LogP contribution in [0.25, 0.3) is 55.9 Å². The summed E-state index contributed by atoms with van der Waals surface area (Å²) in [6.45, 7) is 6.03. The minimum Gasteiger partial charge on any atom is -0.493 e. The number of oxazole rings is 2. The molecule has 6 nitrogen and oxygen atoms in total. The summed E-state index contributed by atoms with van der Waals surface area (Å²) in [4.78, 5) is 10.3. The zero-order chi connectivity index (χ0) is 39.5. The van der Waals surface area contributed by atoms with Gasteiger partial charge in [-0.2, -0.15) is 0 Å². The normalized spacial score (nSPS) is 15.6. The standard InChI is InChI=1S/C52H66N2O4/c1-3-5-7-9-11-21-31-55-47-35-49-45(33-43(47)37-23-15-13-16-24-37)53-51(57-49)41-29-30-42(40-28-20-19-27-39(40)41)52-54-46-34-44(38-25-17-14-18-26-38)48(36-50(46)58-52)56-32-22-12-10-8-6-4-2/h19-20,27-30,33-38H,3-18,21-26,31-32H2,1-2H3. The van der Waals surface area contributed by atoms with E-state index in [4.69, 9.17) is 28.3 Å². The van der Waals surface area contributed by atoms with Gasteiger partial charge in [-0.1, -0.05) is 141 Å². The summed E-state index contributed by atoms with van der Waals surface area (Å²) in [5, 5.41) is 2.12. The van der Waals surface area contributed by atoms with E-state index in [1.165, 1.54) is 140 Å². The molecule has 2 fully saturated rings. The van der Waals surface area contributed by atoms with Crippen LogP contribution in [0.4, 0.5) is 0 Å². The minimum absolute atomic E-state index is 0.510. The van der Waals surface area contributed by atoms with Gasteiger partial charge in [0.05, 0.1) is 13.2 Å². The quantitative estimate of drug-likeness (QED) is 0.0718. The van der Waals surface area contributed by atoms with Crippen LogP contribution in [0.3, 0.4) is 0 Å². The lowest BCUT2D eigenvalue weighted by molar-refractivity contribution is 0.296. The summed E-state index contributed by atoms with van der Waals surface area (Å²) in [5.74, 6) is 4.24. The maximum atomic E-state index is 6.62. The molecule has 0 radical (unpaired) electrons. The molecule has 0 aliphatic heterocycles. The first kappa shape index (κ1) is 40.5. The van der Waals surface area contributed by atoms with Crippen molar-refractivity contribution in [2.75, 3.05) is 13.2 Å². The molecule has 8 rings (SSSR count). The average molecular weight is 783 g/mol. The highest BCUT2D eigenvalue weighted by molar-refractivity contribution is 6.03. The Bertz CT molecular complexity index is 2060. The monoisotopic (exact) mass is 783 g/mol. The van der Waals surface area contributed by atoms with Crippen LogP contribution in [0, 0.1) is 0 Å². The van der Waals surface area contributed by atoms with Crippen molar-refractivity contribution in [3.63, 3.8) is 0 Å². The van der Waals surface area contributed by atoms with Gasteiger partial charge < -0.3 is 18.3 Å². The Morgan fingerprint density at radius 3 is 1.34 bits per heavy atom. The molecule has 0 bridgehead atoms. The van der Waals surface area contributed by atoms with Gasteiger partial charge in [-0.25, -0.2) is 9.97 Å². The van der Waals surface area contributed by atoms with Crippen LogP contribution in [0.5, 0.6) is 11.5 Å². The van der Waals surface area contributed by atoms with Gasteiger partial charge in [0.2, 0.25) is 11.8 Å². The molecule has 0 atom stereocenters. The van der Waals surface area contributed by atoms with Gasteiger partial charge in [-0.15, -0.1) is 0 Å². The molecule has 2 aromatic heterocycles. The number of unbranched alkanes of at least 4 members (excludes halogenated alkanes) is 10. The average Bonchev–Trinajstić information content (AvgIpc) is 3.89. The molecular weight excluding hydrogens is 717 g/mol. The molecule has 0 saturated heterocycles. The fraction of sp³-hybridized carbons (Fsp3) is 0.538. The summed E-state index contributed by atoms with van der Waals surface area (Å²) in [6.07, 6.45) is 27.6. The van der Waals surface area contributed by atoms with Crippen LogP contribution in [-0.4, -0.2) is 23.2 Å². The third-order valence-corrected chi connectivity index (χ3v) is 13.0. The first-order valence-electron chi connectivity index (χ1n) is 23.4. The van der Waals surface area contributed by atoms with Crippen molar-refractivity contribution in [1.29, 1.82) is 0 Å². The van der Waals surface area contributed by atoms with Crippen LogP contribution < -0.4 is 9.47 Å². The van der Waals surface area contributed by atoms with Crippen LogP contribution in [-0.2, 0) is 0 Å². The summed E-state index contributed by atoms with van der Waals surface area (Å²) in [7, 11) is 0. The van der Waals surface area contributed by atoms with Crippen LogP contribution >= 0.6 is 0 Å². The topological polar surface area (TPSA) is 70.5 Å². The number of hydrogen-bond acceptors (Lipinski definition) is 6. The number of hydrogen-bond donors (Lipinski definition) is 0. The van der Waals surface area contributed by atoms with Gasteiger partial charge >= 0.3 is 0 Å². The van der Waals surface area contributed by atoms with E-state index in [0.29, 0.717) is 23.6 Å². The SMILES string of the molecule is CCCCCCCCOc1cc2oc(-c3ccc(-c4nc5cc(C6CCCCC6)c(OCCCCCCCC)cc5o4)c4ccccc34)nc2cc1C1CCCCC1. The van der Waals surface area contributed by atoms with E-state index in [-0.39, 0.29) is 0 Å². The first-order valence-corrected chi connectivity index (χ1v) is 23.4. The number of benzene rings is 4. The lowest BCUT2D eigenvalue weighted by Crippen LogP contribution is -2.08. The second kappa shape index (κ2) is 20.1. The number of aromatic nitrogens is 2. The number of nitrogens with zero attached hydrogens (tertiary/aromatic N) is 2. The van der Waals surface area contributed by atoms with E-state index >= 15 is 0 Å². The summed E-state index contributed by atoms with van der Waals surface area (Å²) in [5.41, 5.74) is 7.89. The fourth-order valence-electron chi connectivity index (χ4n) is 9.69. The molecule has 0 unspecified atom stereocenters. The molecule has 58 heavy (non-hydrogen) atoms. The predicted molar refractivity (Wildman–Crippen MR) is 239 cm³/mol. The molecule has 6 aromatic rings. The molecule has 0 amide bonds. The molecule has 2 aliphatic carbocycles. The molecule has 2 heterocycles. The Hall–Kier alpha value is -4.32. The highest BCUT2D eigenvalue weighted by atomic mass is 16.5. The van der Waals surface area contributed by atoms with E-state index in [0.717, 1.165) is 81.7 Å². The molecule has 6 heteroatoms. The lowest BCUT2D eigenvalue weighted by Gasteiger charge is -2.24. The van der Waals surface area contributed by atoms with Crippen molar-refractivity contribution < 1.29 is 18.3 Å². The van der Waals surface area contributed by atoms with Gasteiger partial charge in [-0.05, 0) is 96.5 Å². The molecular formula is C52H66N2O4. The number of rotatable bonds is 20. The lowest BCUT2D eigenvalue weighted by atomic mass is 9.83. The zero-order valence-electron chi connectivity index (χ0n) is 35.4. The van der Waals surface area contributed by atoms with E-state index < -0.39 is 0 Å². The third-order valence-electron chi connectivity index (χ3n) is 13.0. The molecule has 4 aromatic carbocycles. The largest absolute Gasteiger partial charge is 0.493 e. The Morgan fingerprint density at radius 2 is 0.914 bits per heavy atom. The predicted octanol–water partition coefficient (Wildman–Crippen LogP) is 16.0. The molecule has 2 saturated carbocycles. The Kier molecular flexibility index (Phi) is 14.0. The van der Waals surface area contributed by atoms with Crippen molar-refractivity contribution in [2.45, 2.75) is 167 Å². The maximum absolute atomic E-state index is 6.62. The summed E-state index contributed by atoms with van der Waals surface area (Å²) in [6, 6.07) is 21.5. The van der Waals surface area contributed by atoms with Crippen molar-refractivity contribution in [3.8, 4) is 34.4 Å². The Morgan fingerprint density at radius 1 is 0.500 bits per heavy atom. The van der Waals surface area contributed by atoms with Crippen molar-refractivity contribution in [2.24, 2.45) is 0 Å². The highest BCUT2D eigenvalue weighted by Crippen LogP contribution is 2.44. The first-order chi connectivity index (χ1) is 28.7. The fourth-order valence-corrected chi connectivity index (χ4v) is 9.69. The molecule has 308 valence electrons. The second-order valence-electron chi connectivity index (χ2n) is 17.4. The maximum Gasteiger partial charge on any atom is 0.227 e. The zero-order valence-corrected chi connectivity index (χ0v) is 35.4. The van der Waals surface area contributed by atoms with Gasteiger partial charge in [-0.3, -0.25) is 0 Å².